The number of amides is 1. The molecule has 0 atom stereocenters. The molecule has 1 fully saturated rings. The number of rotatable bonds is 8. The molecule has 2 aromatic rings. The molecule has 0 spiro atoms. The lowest BCUT2D eigenvalue weighted by Gasteiger charge is -2.34. The van der Waals surface area contributed by atoms with Crippen LogP contribution in [0.4, 0.5) is 20.2 Å². The summed E-state index contributed by atoms with van der Waals surface area (Å²) in [6.45, 7) is 3.45. The van der Waals surface area contributed by atoms with Gasteiger partial charge in [0.25, 0.3) is 5.91 Å². The van der Waals surface area contributed by atoms with Crippen LogP contribution in [0.3, 0.4) is 0 Å². The number of ether oxygens (including phenoxy) is 2. The van der Waals surface area contributed by atoms with E-state index in [4.69, 9.17) is 4.74 Å². The lowest BCUT2D eigenvalue weighted by molar-refractivity contribution is -0.892. The maximum Gasteiger partial charge on any atom is 0.387 e. The Morgan fingerprint density at radius 2 is 1.83 bits per heavy atom. The molecule has 1 amide bonds. The first-order valence-corrected chi connectivity index (χ1v) is 9.70. The topological polar surface area (TPSA) is 55.2 Å². The molecule has 6 nitrogen and oxygen atoms in total. The van der Waals surface area contributed by atoms with E-state index in [1.807, 2.05) is 25.1 Å². The molecule has 8 heteroatoms. The van der Waals surface area contributed by atoms with Crippen LogP contribution in [0, 0.1) is 0 Å². The van der Waals surface area contributed by atoms with Gasteiger partial charge in [-0.25, -0.2) is 0 Å². The predicted octanol–water partition coefficient (Wildman–Crippen LogP) is 2.03. The molecule has 0 radical (unpaired) electrons. The largest absolute Gasteiger partial charge is 0.492 e. The molecule has 1 aliphatic rings. The molecule has 1 heterocycles. The zero-order valence-corrected chi connectivity index (χ0v) is 16.4. The number of para-hydroxylation sites is 2. The minimum atomic E-state index is -2.86. The average Bonchev–Trinajstić information content (AvgIpc) is 2.70. The lowest BCUT2D eigenvalue weighted by atomic mass is 10.2. The summed E-state index contributed by atoms with van der Waals surface area (Å²) < 4.78 is 34.4. The van der Waals surface area contributed by atoms with Crippen molar-refractivity contribution in [3.8, 4) is 11.5 Å². The molecule has 0 aliphatic carbocycles. The van der Waals surface area contributed by atoms with Crippen molar-refractivity contribution in [3.05, 3.63) is 48.5 Å². The van der Waals surface area contributed by atoms with Gasteiger partial charge in [0.1, 0.15) is 11.5 Å². The Morgan fingerprint density at radius 1 is 1.14 bits per heavy atom. The number of alkyl halides is 2. The van der Waals surface area contributed by atoms with E-state index < -0.39 is 6.61 Å². The first-order chi connectivity index (χ1) is 14.0. The van der Waals surface area contributed by atoms with E-state index >= 15 is 0 Å². The Balaban J connectivity index is 1.47. The van der Waals surface area contributed by atoms with Crippen molar-refractivity contribution in [3.63, 3.8) is 0 Å². The maximum absolute atomic E-state index is 12.3. The summed E-state index contributed by atoms with van der Waals surface area (Å²) in [4.78, 5) is 15.8. The van der Waals surface area contributed by atoms with Crippen molar-refractivity contribution in [1.29, 1.82) is 0 Å². The molecular formula is C21H26F2N3O3+. The number of carbonyl (C=O) groups excluding carboxylic acids is 1. The van der Waals surface area contributed by atoms with E-state index in [0.29, 0.717) is 18.8 Å². The molecular weight excluding hydrogens is 380 g/mol. The molecule has 1 saturated heterocycles. The molecule has 0 bridgehead atoms. The predicted molar refractivity (Wildman–Crippen MR) is 107 cm³/mol. The molecule has 1 aliphatic heterocycles. The van der Waals surface area contributed by atoms with Gasteiger partial charge >= 0.3 is 6.61 Å². The van der Waals surface area contributed by atoms with E-state index in [1.54, 1.807) is 12.1 Å². The SMILES string of the molecule is CCOc1ccccc1N1CC[NH+](CC(=O)Nc2ccc(OC(F)F)cc2)CC1. The Bertz CT molecular complexity index is 794. The second-order valence-corrected chi connectivity index (χ2v) is 6.77. The van der Waals surface area contributed by atoms with Gasteiger partial charge in [-0.3, -0.25) is 4.79 Å². The van der Waals surface area contributed by atoms with Crippen molar-refractivity contribution in [1.82, 2.24) is 0 Å². The standard InChI is InChI=1S/C21H25F2N3O3/c1-2-28-19-6-4-3-5-18(19)26-13-11-25(12-14-26)15-20(27)24-16-7-9-17(10-8-16)29-21(22)23/h3-10,21H,2,11-15H2,1H3,(H,24,27)/p+1. The summed E-state index contributed by atoms with van der Waals surface area (Å²) in [5, 5.41) is 2.80. The third-order valence-corrected chi connectivity index (χ3v) is 4.75. The summed E-state index contributed by atoms with van der Waals surface area (Å²) >= 11 is 0. The van der Waals surface area contributed by atoms with Gasteiger partial charge in [-0.05, 0) is 43.3 Å². The van der Waals surface area contributed by atoms with Crippen molar-refractivity contribution < 1.29 is 27.9 Å². The van der Waals surface area contributed by atoms with E-state index in [9.17, 15) is 13.6 Å². The first kappa shape index (κ1) is 20.9. The number of quaternary nitrogens is 1. The van der Waals surface area contributed by atoms with Crippen molar-refractivity contribution in [2.75, 3.05) is 49.5 Å². The minimum Gasteiger partial charge on any atom is -0.492 e. The average molecular weight is 406 g/mol. The van der Waals surface area contributed by atoms with E-state index in [2.05, 4.69) is 21.0 Å². The number of nitrogens with one attached hydrogen (secondary N) is 2. The number of anilines is 2. The Hall–Kier alpha value is -2.87. The van der Waals surface area contributed by atoms with Crippen LogP contribution in [0.1, 0.15) is 6.92 Å². The Morgan fingerprint density at radius 3 is 2.48 bits per heavy atom. The summed E-state index contributed by atoms with van der Waals surface area (Å²) in [7, 11) is 0. The quantitative estimate of drug-likeness (QED) is 0.705. The van der Waals surface area contributed by atoms with Crippen LogP contribution in [-0.4, -0.2) is 51.8 Å². The van der Waals surface area contributed by atoms with E-state index in [-0.39, 0.29) is 11.7 Å². The fourth-order valence-electron chi connectivity index (χ4n) is 3.39. The summed E-state index contributed by atoms with van der Waals surface area (Å²) in [5.41, 5.74) is 1.64. The van der Waals surface area contributed by atoms with E-state index in [1.165, 1.54) is 17.0 Å². The maximum atomic E-state index is 12.3. The van der Waals surface area contributed by atoms with Crippen LogP contribution in [0.25, 0.3) is 0 Å². The first-order valence-electron chi connectivity index (χ1n) is 9.70. The zero-order chi connectivity index (χ0) is 20.6. The monoisotopic (exact) mass is 406 g/mol. The second kappa shape index (κ2) is 10.1. The lowest BCUT2D eigenvalue weighted by Crippen LogP contribution is -3.15. The normalized spacial score (nSPS) is 14.7. The molecule has 2 N–H and O–H groups in total. The summed E-state index contributed by atoms with van der Waals surface area (Å²) in [6.07, 6.45) is 0. The summed E-state index contributed by atoms with van der Waals surface area (Å²) in [5.74, 6) is 0.841. The van der Waals surface area contributed by atoms with Crippen LogP contribution < -0.4 is 24.6 Å². The van der Waals surface area contributed by atoms with Crippen molar-refractivity contribution in [2.45, 2.75) is 13.5 Å². The van der Waals surface area contributed by atoms with Crippen LogP contribution in [0.5, 0.6) is 11.5 Å². The Labute approximate surface area is 169 Å². The van der Waals surface area contributed by atoms with Gasteiger partial charge < -0.3 is 24.6 Å². The van der Waals surface area contributed by atoms with Gasteiger partial charge in [-0.2, -0.15) is 8.78 Å². The molecule has 0 unspecified atom stereocenters. The van der Waals surface area contributed by atoms with Crippen molar-refractivity contribution in [2.24, 2.45) is 0 Å². The van der Waals surface area contributed by atoms with Gasteiger partial charge in [0, 0.05) is 5.69 Å². The highest BCUT2D eigenvalue weighted by atomic mass is 19.3. The van der Waals surface area contributed by atoms with Crippen LogP contribution >= 0.6 is 0 Å². The van der Waals surface area contributed by atoms with Gasteiger partial charge in [-0.1, -0.05) is 12.1 Å². The van der Waals surface area contributed by atoms with Crippen molar-refractivity contribution >= 4 is 17.3 Å². The molecule has 156 valence electrons. The number of halogens is 2. The highest BCUT2D eigenvalue weighted by Crippen LogP contribution is 2.27. The van der Waals surface area contributed by atoms with Gasteiger partial charge in [0.15, 0.2) is 6.54 Å². The highest BCUT2D eigenvalue weighted by Gasteiger charge is 2.24. The van der Waals surface area contributed by atoms with E-state index in [0.717, 1.165) is 37.6 Å². The third kappa shape index (κ3) is 6.05. The molecule has 29 heavy (non-hydrogen) atoms. The fraction of sp³-hybridized carbons (Fsp3) is 0.381. The number of hydrogen-bond acceptors (Lipinski definition) is 4. The zero-order valence-electron chi connectivity index (χ0n) is 16.4. The van der Waals surface area contributed by atoms with Crippen LogP contribution in [0.15, 0.2) is 48.5 Å². The molecule has 2 aromatic carbocycles. The minimum absolute atomic E-state index is 0.0621. The number of nitrogens with zero attached hydrogens (tertiary/aromatic N) is 1. The van der Waals surface area contributed by atoms with Gasteiger partial charge in [0.2, 0.25) is 0 Å². The molecule has 0 saturated carbocycles. The number of benzene rings is 2. The number of piperazine rings is 1. The van der Waals surface area contributed by atoms with Crippen LogP contribution in [0.2, 0.25) is 0 Å². The number of carbonyl (C=O) groups is 1. The smallest absolute Gasteiger partial charge is 0.387 e. The fourth-order valence-corrected chi connectivity index (χ4v) is 3.39. The van der Waals surface area contributed by atoms with Gasteiger partial charge in [0.05, 0.1) is 38.5 Å². The number of hydrogen-bond donors (Lipinski definition) is 2. The summed E-state index contributed by atoms with van der Waals surface area (Å²) in [6, 6.07) is 13.9. The molecule has 0 aromatic heterocycles. The third-order valence-electron chi connectivity index (χ3n) is 4.75. The van der Waals surface area contributed by atoms with Gasteiger partial charge in [-0.15, -0.1) is 0 Å². The second-order valence-electron chi connectivity index (χ2n) is 6.77. The Kier molecular flexibility index (Phi) is 7.24. The highest BCUT2D eigenvalue weighted by molar-refractivity contribution is 5.91. The molecule has 3 rings (SSSR count). The van der Waals surface area contributed by atoms with Crippen LogP contribution in [-0.2, 0) is 4.79 Å².